The van der Waals surface area contributed by atoms with E-state index < -0.39 is 42.5 Å². The zero-order valence-electron chi connectivity index (χ0n) is 19.4. The van der Waals surface area contributed by atoms with Crippen molar-refractivity contribution in [3.63, 3.8) is 0 Å². The number of nitrogens with two attached hydrogens (primary N) is 1. The number of aromatic nitrogens is 2. The number of nitrogens with one attached hydrogen (secondary N) is 1. The van der Waals surface area contributed by atoms with E-state index in [1.54, 1.807) is 6.08 Å². The number of alkyl halides is 1. The van der Waals surface area contributed by atoms with Crippen LogP contribution >= 0.6 is 23.3 Å². The van der Waals surface area contributed by atoms with Gasteiger partial charge in [-0.3, -0.25) is 14.5 Å². The van der Waals surface area contributed by atoms with Crippen LogP contribution in [0.25, 0.3) is 0 Å². The third-order valence-corrected chi connectivity index (χ3v) is 7.41. The highest BCUT2D eigenvalue weighted by Crippen LogP contribution is 2.40. The Hall–Kier alpha value is -3.08. The number of carboxylic acid groups (broad SMARTS) is 1. The number of amides is 2. The SMILES string of the molecule is C[N+]1(C)CC[C@H](/C=C/C2=C(C(=O)O)N3C(=O)[C@@H](NC(=O)/C(=N\OCCF)c4nsc(N)n4)[C@H]3SC2)O1. The van der Waals surface area contributed by atoms with Crippen molar-refractivity contribution in [3.05, 3.63) is 29.2 Å². The summed E-state index contributed by atoms with van der Waals surface area (Å²) in [5, 5.41) is 15.4. The molecule has 194 valence electrons. The largest absolute Gasteiger partial charge is 0.477 e. The Morgan fingerprint density at radius 1 is 1.47 bits per heavy atom. The molecule has 0 aromatic carbocycles. The fraction of sp³-hybridized carbons (Fsp3) is 0.500. The molecule has 0 bridgehead atoms. The number of anilines is 1. The van der Waals surface area contributed by atoms with Crippen molar-refractivity contribution in [3.8, 4) is 0 Å². The average Bonchev–Trinajstić information content (AvgIpc) is 3.42. The van der Waals surface area contributed by atoms with Gasteiger partial charge in [0.25, 0.3) is 11.8 Å². The van der Waals surface area contributed by atoms with Gasteiger partial charge < -0.3 is 21.0 Å². The number of carbonyl (C=O) groups excluding carboxylic acids is 2. The summed E-state index contributed by atoms with van der Waals surface area (Å²) in [4.78, 5) is 53.6. The Balaban J connectivity index is 1.49. The predicted octanol–water partition coefficient (Wildman–Crippen LogP) is -0.114. The van der Waals surface area contributed by atoms with Gasteiger partial charge in [0, 0.05) is 23.7 Å². The highest BCUT2D eigenvalue weighted by Gasteiger charge is 2.54. The van der Waals surface area contributed by atoms with Crippen LogP contribution in [0.4, 0.5) is 9.52 Å². The average molecular weight is 543 g/mol. The van der Waals surface area contributed by atoms with E-state index in [9.17, 15) is 23.9 Å². The second-order valence-corrected chi connectivity index (χ2v) is 10.4. The molecule has 2 fully saturated rings. The van der Waals surface area contributed by atoms with Crippen LogP contribution in [-0.2, 0) is 24.1 Å². The molecule has 13 nitrogen and oxygen atoms in total. The molecule has 0 radical (unpaired) electrons. The molecule has 3 aliphatic rings. The minimum absolute atomic E-state index is 0.0760. The number of nitrogens with zero attached hydrogens (tertiary/aromatic N) is 5. The number of halogens is 1. The van der Waals surface area contributed by atoms with E-state index in [1.807, 2.05) is 20.2 Å². The first-order valence-corrected chi connectivity index (χ1v) is 12.7. The van der Waals surface area contributed by atoms with E-state index in [4.69, 9.17) is 15.4 Å². The number of fused-ring (bicyclic) bond motifs is 1. The lowest BCUT2D eigenvalue weighted by atomic mass is 10.0. The molecule has 0 unspecified atom stereocenters. The molecule has 36 heavy (non-hydrogen) atoms. The molecule has 4 rings (SSSR count). The number of hydroxylamine groups is 3. The summed E-state index contributed by atoms with van der Waals surface area (Å²) in [6.45, 7) is -0.392. The molecule has 4 N–H and O–H groups in total. The third kappa shape index (κ3) is 5.35. The number of β-lactam (4-membered cyclic amide) rings is 1. The van der Waals surface area contributed by atoms with Gasteiger partial charge in [-0.1, -0.05) is 11.2 Å². The molecule has 1 aromatic rings. The quantitative estimate of drug-likeness (QED) is 0.126. The van der Waals surface area contributed by atoms with Crippen LogP contribution in [0.3, 0.4) is 0 Å². The van der Waals surface area contributed by atoms with E-state index >= 15 is 0 Å². The number of carboxylic acids is 1. The molecule has 1 aromatic heterocycles. The Bertz CT molecular complexity index is 1150. The number of allylic oxidation sites excluding steroid dienone is 1. The van der Waals surface area contributed by atoms with Crippen molar-refractivity contribution in [2.45, 2.75) is 23.9 Å². The van der Waals surface area contributed by atoms with Gasteiger partial charge in [0.15, 0.2) is 5.13 Å². The Labute approximate surface area is 213 Å². The molecule has 2 saturated heterocycles. The Kier molecular flexibility index (Phi) is 7.58. The molecule has 3 aliphatic heterocycles. The normalized spacial score (nSPS) is 25.6. The molecule has 4 heterocycles. The molecule has 16 heteroatoms. The van der Waals surface area contributed by atoms with Gasteiger partial charge in [-0.05, 0) is 11.6 Å². The van der Waals surface area contributed by atoms with Crippen molar-refractivity contribution in [2.24, 2.45) is 5.16 Å². The Morgan fingerprint density at radius 2 is 2.25 bits per heavy atom. The fourth-order valence-electron chi connectivity index (χ4n) is 3.91. The Morgan fingerprint density at radius 3 is 2.86 bits per heavy atom. The van der Waals surface area contributed by atoms with Crippen molar-refractivity contribution in [1.82, 2.24) is 19.6 Å². The van der Waals surface area contributed by atoms with Gasteiger partial charge in [0.05, 0.1) is 14.1 Å². The van der Waals surface area contributed by atoms with E-state index in [1.165, 1.54) is 11.8 Å². The number of hydrogen-bond donors (Lipinski definition) is 3. The van der Waals surface area contributed by atoms with Crippen molar-refractivity contribution < 1.29 is 38.2 Å². The first-order chi connectivity index (χ1) is 17.1. The minimum atomic E-state index is -1.24. The maximum atomic E-state index is 12.9. The van der Waals surface area contributed by atoms with Gasteiger partial charge in [-0.2, -0.15) is 18.8 Å². The number of thioether (sulfide) groups is 1. The lowest BCUT2D eigenvalue weighted by molar-refractivity contribution is -1.06. The van der Waals surface area contributed by atoms with Crippen LogP contribution in [0, 0.1) is 0 Å². The van der Waals surface area contributed by atoms with Crippen LogP contribution in [0.5, 0.6) is 0 Å². The first kappa shape index (κ1) is 26.0. The van der Waals surface area contributed by atoms with Crippen LogP contribution in [0.15, 0.2) is 28.6 Å². The summed E-state index contributed by atoms with van der Waals surface area (Å²) in [5.41, 5.74) is 5.54. The lowest BCUT2D eigenvalue weighted by Gasteiger charge is -2.49. The van der Waals surface area contributed by atoms with Crippen LogP contribution in [0.1, 0.15) is 12.2 Å². The molecule has 0 aliphatic carbocycles. The maximum Gasteiger partial charge on any atom is 0.352 e. The highest BCUT2D eigenvalue weighted by molar-refractivity contribution is 8.00. The standard InChI is InChI=1S/C20H24FN7O6S2/c1-28(2)7-5-11(34-28)4-3-10-9-35-18-13(17(30)27(18)14(10)19(31)32)23-16(29)12(25-33-8-6-21)15-24-20(22)36-26-15/h3-4,11,13,18H,5-9H2,1-2H3,(H3-,22,23,24,26,29,31,32)/p+1/b4-3+,25-12-/t11-,13+,18+/m0/s1. The second kappa shape index (κ2) is 10.5. The predicted molar refractivity (Wildman–Crippen MR) is 128 cm³/mol. The molecule has 0 saturated carbocycles. The monoisotopic (exact) mass is 542 g/mol. The van der Waals surface area contributed by atoms with E-state index in [0.29, 0.717) is 16.0 Å². The highest BCUT2D eigenvalue weighted by atomic mass is 32.2. The topological polar surface area (TPSA) is 169 Å². The summed E-state index contributed by atoms with van der Waals surface area (Å²) in [5.74, 6) is -2.49. The van der Waals surface area contributed by atoms with Gasteiger partial charge in [0.2, 0.25) is 11.5 Å². The molecular formula is C20H25FN7O6S2+. The van der Waals surface area contributed by atoms with Gasteiger partial charge in [0.1, 0.15) is 43.0 Å². The fourth-order valence-corrected chi connectivity index (χ4v) is 5.66. The van der Waals surface area contributed by atoms with Crippen molar-refractivity contribution in [2.75, 3.05) is 45.4 Å². The van der Waals surface area contributed by atoms with Gasteiger partial charge in [-0.15, -0.1) is 11.8 Å². The zero-order valence-corrected chi connectivity index (χ0v) is 21.1. The maximum absolute atomic E-state index is 12.9. The number of quaternary nitrogens is 1. The number of hydrogen-bond acceptors (Lipinski definition) is 11. The molecule has 2 amide bonds. The summed E-state index contributed by atoms with van der Waals surface area (Å²) in [6.07, 6.45) is 4.13. The lowest BCUT2D eigenvalue weighted by Crippen LogP contribution is -2.71. The molecule has 3 atom stereocenters. The van der Waals surface area contributed by atoms with Crippen LogP contribution in [0.2, 0.25) is 0 Å². The summed E-state index contributed by atoms with van der Waals surface area (Å²) < 4.78 is 16.7. The van der Waals surface area contributed by atoms with Crippen molar-refractivity contribution in [1.29, 1.82) is 0 Å². The number of carbonyl (C=O) groups is 3. The van der Waals surface area contributed by atoms with E-state index in [-0.39, 0.29) is 28.5 Å². The smallest absolute Gasteiger partial charge is 0.352 e. The number of oxime groups is 1. The summed E-state index contributed by atoms with van der Waals surface area (Å²) in [6, 6.07) is -1.01. The molecular weight excluding hydrogens is 517 g/mol. The van der Waals surface area contributed by atoms with E-state index in [2.05, 4.69) is 19.8 Å². The number of aliphatic carboxylic acids is 1. The zero-order chi connectivity index (χ0) is 26.0. The van der Waals surface area contributed by atoms with Crippen molar-refractivity contribution >= 4 is 51.9 Å². The third-order valence-electron chi connectivity index (χ3n) is 5.56. The number of nitrogen functional groups attached to an aromatic ring is 1. The van der Waals surface area contributed by atoms with Gasteiger partial charge in [-0.25, -0.2) is 9.18 Å². The van der Waals surface area contributed by atoms with Crippen LogP contribution in [-0.4, -0.2) is 105 Å². The second-order valence-electron chi connectivity index (χ2n) is 8.55. The molecule has 0 spiro atoms. The first-order valence-electron chi connectivity index (χ1n) is 10.9. The number of rotatable bonds is 9. The van der Waals surface area contributed by atoms with Crippen LogP contribution < -0.4 is 11.1 Å². The minimum Gasteiger partial charge on any atom is -0.477 e. The van der Waals surface area contributed by atoms with Gasteiger partial charge >= 0.3 is 5.97 Å². The summed E-state index contributed by atoms with van der Waals surface area (Å²) >= 11 is 2.14. The van der Waals surface area contributed by atoms with E-state index in [0.717, 1.165) is 29.4 Å². The summed E-state index contributed by atoms with van der Waals surface area (Å²) in [7, 11) is 3.87.